The molecule has 7 unspecified atom stereocenters. The Morgan fingerprint density at radius 2 is 1.62 bits per heavy atom. The van der Waals surface area contributed by atoms with E-state index < -0.39 is 6.10 Å². The summed E-state index contributed by atoms with van der Waals surface area (Å²) < 4.78 is 13.9. The van der Waals surface area contributed by atoms with Crippen molar-refractivity contribution < 1.29 is 19.1 Å². The summed E-state index contributed by atoms with van der Waals surface area (Å²) in [5.74, 6) is 1.43. The first-order valence-electron chi connectivity index (χ1n) is 16.1. The highest BCUT2D eigenvalue weighted by molar-refractivity contribution is 6.06. The van der Waals surface area contributed by atoms with Crippen LogP contribution >= 0.6 is 0 Å². The number of anilines is 1. The van der Waals surface area contributed by atoms with Gasteiger partial charge < -0.3 is 14.9 Å². The number of carbonyl (C=O) groups is 2. The molecule has 0 aromatic heterocycles. The highest BCUT2D eigenvalue weighted by Crippen LogP contribution is 2.62. The number of rotatable bonds is 6. The van der Waals surface area contributed by atoms with Gasteiger partial charge in [0.05, 0.1) is 17.9 Å². The lowest BCUT2D eigenvalue weighted by Crippen LogP contribution is -2.47. The molecule has 7 heteroatoms. The Morgan fingerprint density at radius 3 is 2.33 bits per heavy atom. The first-order valence-corrected chi connectivity index (χ1v) is 16.1. The van der Waals surface area contributed by atoms with Crippen molar-refractivity contribution in [3.05, 3.63) is 29.6 Å². The van der Waals surface area contributed by atoms with Crippen molar-refractivity contribution in [2.45, 2.75) is 77.4 Å². The van der Waals surface area contributed by atoms with Gasteiger partial charge in [0.1, 0.15) is 5.82 Å². The standard InChI is InChI=1S/C33H46FN3O3/c1-19-26-16-27(29(19)20(2)38)31-30(26)32(39)37(33(31)40)18-23-6-4-3-5-22(23)17-35-12-10-25(11-13-35)36-14-9-21-7-8-24(34)15-28(21)36/h7-8,15,19-20,22-23,25-27,29-31,38H,3-6,9-14,16-18H2,1-2H3/t19?,20?,22-,23-,26?,27?,29?,30?,31?/m0/s1. The minimum absolute atomic E-state index is 0.0625. The Morgan fingerprint density at radius 1 is 0.950 bits per heavy atom. The molecule has 2 amide bonds. The third kappa shape index (κ3) is 4.33. The van der Waals surface area contributed by atoms with E-state index in [0.717, 1.165) is 64.0 Å². The fourth-order valence-electron chi connectivity index (χ4n) is 10.4. The van der Waals surface area contributed by atoms with Crippen LogP contribution in [0.2, 0.25) is 0 Å². The molecular weight excluding hydrogens is 505 g/mol. The second kappa shape index (κ2) is 10.4. The van der Waals surface area contributed by atoms with Crippen molar-refractivity contribution in [3.8, 4) is 0 Å². The number of carbonyl (C=O) groups excluding carboxylic acids is 2. The van der Waals surface area contributed by atoms with Crippen LogP contribution in [0.5, 0.6) is 0 Å². The van der Waals surface area contributed by atoms with Gasteiger partial charge in [-0.15, -0.1) is 0 Å². The molecule has 40 heavy (non-hydrogen) atoms. The fourth-order valence-corrected chi connectivity index (χ4v) is 10.4. The minimum atomic E-state index is -0.420. The molecular formula is C33H46FN3O3. The van der Waals surface area contributed by atoms with Gasteiger partial charge >= 0.3 is 0 Å². The van der Waals surface area contributed by atoms with Crippen molar-refractivity contribution in [1.29, 1.82) is 0 Å². The van der Waals surface area contributed by atoms with Crippen LogP contribution in [-0.4, -0.2) is 71.6 Å². The summed E-state index contributed by atoms with van der Waals surface area (Å²) in [4.78, 5) is 34.1. The van der Waals surface area contributed by atoms with Crippen molar-refractivity contribution in [3.63, 3.8) is 0 Å². The lowest BCUT2D eigenvalue weighted by molar-refractivity contribution is -0.142. The van der Waals surface area contributed by atoms with Gasteiger partial charge in [0.2, 0.25) is 11.8 Å². The number of hydrogen-bond acceptors (Lipinski definition) is 5. The van der Waals surface area contributed by atoms with Gasteiger partial charge in [0.15, 0.2) is 0 Å². The molecule has 6 aliphatic rings. The SMILES string of the molecule is CC(O)C1C(C)C2CC1C1C(=O)N(C[C@@H]3CCCC[C@H]3CN3CCC(N4CCc5ccc(F)cc54)CC3)C(=O)C21. The summed E-state index contributed by atoms with van der Waals surface area (Å²) in [6.45, 7) is 8.79. The predicted octanol–water partition coefficient (Wildman–Crippen LogP) is 4.34. The molecule has 1 N–H and O–H groups in total. The molecule has 9 atom stereocenters. The summed E-state index contributed by atoms with van der Waals surface area (Å²) in [6.07, 6.45) is 8.42. The average Bonchev–Trinajstić information content (AvgIpc) is 3.67. The summed E-state index contributed by atoms with van der Waals surface area (Å²) >= 11 is 0. The topological polar surface area (TPSA) is 64.1 Å². The smallest absolute Gasteiger partial charge is 0.233 e. The van der Waals surface area contributed by atoms with Crippen LogP contribution in [0.25, 0.3) is 0 Å². The van der Waals surface area contributed by atoms with E-state index in [2.05, 4.69) is 16.7 Å². The molecule has 2 saturated heterocycles. The number of fused-ring (bicyclic) bond motifs is 6. The molecule has 0 spiro atoms. The Labute approximate surface area is 238 Å². The van der Waals surface area contributed by atoms with Gasteiger partial charge in [-0.3, -0.25) is 14.5 Å². The van der Waals surface area contributed by atoms with E-state index in [1.54, 1.807) is 17.0 Å². The van der Waals surface area contributed by atoms with Crippen LogP contribution in [0.4, 0.5) is 10.1 Å². The van der Waals surface area contributed by atoms with Crippen LogP contribution in [0, 0.1) is 53.2 Å². The number of benzene rings is 1. The zero-order valence-electron chi connectivity index (χ0n) is 24.2. The number of piperidine rings is 1. The van der Waals surface area contributed by atoms with E-state index in [0.29, 0.717) is 30.3 Å². The van der Waals surface area contributed by atoms with E-state index in [-0.39, 0.29) is 47.2 Å². The minimum Gasteiger partial charge on any atom is -0.393 e. The van der Waals surface area contributed by atoms with Crippen LogP contribution < -0.4 is 4.90 Å². The quantitative estimate of drug-likeness (QED) is 0.533. The zero-order valence-corrected chi connectivity index (χ0v) is 24.2. The van der Waals surface area contributed by atoms with E-state index in [9.17, 15) is 19.1 Å². The Bertz CT molecular complexity index is 1150. The predicted molar refractivity (Wildman–Crippen MR) is 152 cm³/mol. The van der Waals surface area contributed by atoms with Crippen LogP contribution in [0.1, 0.15) is 64.4 Å². The Balaban J connectivity index is 0.975. The Kier molecular flexibility index (Phi) is 6.97. The number of nitrogens with zero attached hydrogens (tertiary/aromatic N) is 3. The molecule has 1 aromatic carbocycles. The molecule has 0 radical (unpaired) electrons. The molecule has 3 saturated carbocycles. The largest absolute Gasteiger partial charge is 0.393 e. The normalized spacial score (nSPS) is 38.8. The van der Waals surface area contributed by atoms with Gasteiger partial charge in [-0.05, 0) is 98.7 Å². The number of imide groups is 1. The van der Waals surface area contributed by atoms with Crippen LogP contribution in [-0.2, 0) is 16.0 Å². The molecule has 6 nitrogen and oxygen atoms in total. The van der Waals surface area contributed by atoms with Gasteiger partial charge in [0.25, 0.3) is 0 Å². The zero-order chi connectivity index (χ0) is 27.7. The maximum absolute atomic E-state index is 13.9. The third-order valence-corrected chi connectivity index (χ3v) is 12.2. The average molecular weight is 552 g/mol. The third-order valence-electron chi connectivity index (χ3n) is 12.2. The molecule has 218 valence electrons. The van der Waals surface area contributed by atoms with Crippen LogP contribution in [0.3, 0.4) is 0 Å². The number of hydrogen-bond donors (Lipinski definition) is 1. The lowest BCUT2D eigenvalue weighted by atomic mass is 9.68. The summed E-state index contributed by atoms with van der Waals surface area (Å²) in [5.41, 5.74) is 2.37. The second-order valence-electron chi connectivity index (χ2n) is 14.1. The maximum Gasteiger partial charge on any atom is 0.233 e. The summed E-state index contributed by atoms with van der Waals surface area (Å²) in [5, 5.41) is 10.4. The number of likely N-dealkylation sites (tertiary alicyclic amines) is 2. The highest BCUT2D eigenvalue weighted by atomic mass is 19.1. The van der Waals surface area contributed by atoms with E-state index >= 15 is 0 Å². The van der Waals surface area contributed by atoms with Crippen molar-refractivity contribution in [1.82, 2.24) is 9.80 Å². The maximum atomic E-state index is 13.9. The van der Waals surface area contributed by atoms with E-state index in [4.69, 9.17) is 0 Å². The first kappa shape index (κ1) is 26.9. The molecule has 3 aliphatic carbocycles. The summed E-state index contributed by atoms with van der Waals surface area (Å²) in [6, 6.07) is 5.72. The molecule has 3 aliphatic heterocycles. The highest BCUT2D eigenvalue weighted by Gasteiger charge is 2.66. The summed E-state index contributed by atoms with van der Waals surface area (Å²) in [7, 11) is 0. The monoisotopic (exact) mass is 551 g/mol. The van der Waals surface area contributed by atoms with Crippen molar-refractivity contribution in [2.24, 2.45) is 47.3 Å². The van der Waals surface area contributed by atoms with Crippen LogP contribution in [0.15, 0.2) is 18.2 Å². The Hall–Kier alpha value is -1.99. The van der Waals surface area contributed by atoms with Gasteiger partial charge in [-0.1, -0.05) is 25.8 Å². The molecule has 1 aromatic rings. The number of amides is 2. The molecule has 3 heterocycles. The van der Waals surface area contributed by atoms with E-state index in [1.165, 1.54) is 24.8 Å². The van der Waals surface area contributed by atoms with E-state index in [1.807, 2.05) is 13.0 Å². The first-order chi connectivity index (χ1) is 19.3. The van der Waals surface area contributed by atoms with Crippen molar-refractivity contribution in [2.75, 3.05) is 37.6 Å². The van der Waals surface area contributed by atoms with Crippen molar-refractivity contribution >= 4 is 17.5 Å². The molecule has 5 fully saturated rings. The van der Waals surface area contributed by atoms with Gasteiger partial charge in [-0.25, -0.2) is 4.39 Å². The molecule has 2 bridgehead atoms. The lowest BCUT2D eigenvalue weighted by Gasteiger charge is -2.41. The number of aliphatic hydroxyl groups excluding tert-OH is 1. The molecule has 7 rings (SSSR count). The van der Waals surface area contributed by atoms with Gasteiger partial charge in [-0.2, -0.15) is 0 Å². The second-order valence-corrected chi connectivity index (χ2v) is 14.1. The van der Waals surface area contributed by atoms with Gasteiger partial charge in [0, 0.05) is 44.5 Å². The number of halogens is 1. The fraction of sp³-hybridized carbons (Fsp3) is 0.758. The number of aliphatic hydroxyl groups is 1.